The molecule has 7 nitrogen and oxygen atoms in total. The summed E-state index contributed by atoms with van der Waals surface area (Å²) < 4.78 is 39.0. The van der Waals surface area contributed by atoms with Gasteiger partial charge in [0.05, 0.1) is 24.6 Å². The van der Waals surface area contributed by atoms with Crippen molar-refractivity contribution >= 4 is 26.6 Å². The van der Waals surface area contributed by atoms with Crippen LogP contribution in [-0.2, 0) is 16.6 Å². The van der Waals surface area contributed by atoms with E-state index >= 15 is 0 Å². The van der Waals surface area contributed by atoms with Crippen molar-refractivity contribution in [1.82, 2.24) is 8.87 Å². The van der Waals surface area contributed by atoms with Crippen LogP contribution in [0.2, 0.25) is 0 Å². The first-order chi connectivity index (χ1) is 17.0. The van der Waals surface area contributed by atoms with Gasteiger partial charge in [0.15, 0.2) is 11.5 Å². The molecule has 0 radical (unpaired) electrons. The molecular formula is C27H29N3O4S. The predicted octanol–water partition coefficient (Wildman–Crippen LogP) is 4.22. The van der Waals surface area contributed by atoms with E-state index in [0.29, 0.717) is 17.0 Å². The van der Waals surface area contributed by atoms with Gasteiger partial charge < -0.3 is 14.4 Å². The number of piperazine rings is 1. The van der Waals surface area contributed by atoms with E-state index in [2.05, 4.69) is 40.1 Å². The second kappa shape index (κ2) is 9.64. The third-order valence-corrected chi connectivity index (χ3v) is 8.23. The molecule has 5 rings (SSSR count). The van der Waals surface area contributed by atoms with Crippen molar-refractivity contribution in [3.63, 3.8) is 0 Å². The summed E-state index contributed by atoms with van der Waals surface area (Å²) in [7, 11) is -0.803. The van der Waals surface area contributed by atoms with E-state index < -0.39 is 10.0 Å². The largest absolute Gasteiger partial charge is 0.493 e. The zero-order chi connectivity index (χ0) is 24.4. The highest BCUT2D eigenvalue weighted by Gasteiger charge is 2.24. The predicted molar refractivity (Wildman–Crippen MR) is 138 cm³/mol. The Morgan fingerprint density at radius 2 is 1.54 bits per heavy atom. The Morgan fingerprint density at radius 3 is 2.26 bits per heavy atom. The average molecular weight is 492 g/mol. The molecule has 0 spiro atoms. The van der Waals surface area contributed by atoms with Gasteiger partial charge in [0, 0.05) is 56.1 Å². The first-order valence-corrected chi connectivity index (χ1v) is 13.0. The number of fused-ring (bicyclic) bond motifs is 1. The fraction of sp³-hybridized carbons (Fsp3) is 0.259. The lowest BCUT2D eigenvalue weighted by Crippen LogP contribution is -2.46. The van der Waals surface area contributed by atoms with Crippen molar-refractivity contribution in [3.8, 4) is 11.5 Å². The maximum atomic E-state index is 13.5. The van der Waals surface area contributed by atoms with Gasteiger partial charge in [-0.3, -0.25) is 4.90 Å². The number of hydrogen-bond donors (Lipinski definition) is 0. The molecular weight excluding hydrogens is 462 g/mol. The SMILES string of the molecule is COc1ccc(S(=O)(=O)n2ccc3c(N4CCN(Cc5ccccc5)CC4)cccc32)cc1OC. The molecule has 0 saturated carbocycles. The molecule has 182 valence electrons. The lowest BCUT2D eigenvalue weighted by atomic mass is 10.1. The molecule has 1 saturated heterocycles. The summed E-state index contributed by atoms with van der Waals surface area (Å²) in [6.45, 7) is 4.63. The van der Waals surface area contributed by atoms with Crippen LogP contribution in [0.25, 0.3) is 10.9 Å². The summed E-state index contributed by atoms with van der Waals surface area (Å²) >= 11 is 0. The summed E-state index contributed by atoms with van der Waals surface area (Å²) in [6, 6.07) is 22.9. The van der Waals surface area contributed by atoms with Crippen molar-refractivity contribution < 1.29 is 17.9 Å². The highest BCUT2D eigenvalue weighted by molar-refractivity contribution is 7.90. The minimum atomic E-state index is -3.82. The van der Waals surface area contributed by atoms with Crippen LogP contribution in [0, 0.1) is 0 Å². The fourth-order valence-corrected chi connectivity index (χ4v) is 6.05. The van der Waals surface area contributed by atoms with E-state index in [-0.39, 0.29) is 4.90 Å². The Balaban J connectivity index is 1.40. The smallest absolute Gasteiger partial charge is 0.268 e. The van der Waals surface area contributed by atoms with Crippen LogP contribution in [0.5, 0.6) is 11.5 Å². The number of nitrogens with zero attached hydrogens (tertiary/aromatic N) is 3. The molecule has 4 aromatic rings. The Labute approximate surface area is 206 Å². The lowest BCUT2D eigenvalue weighted by molar-refractivity contribution is 0.250. The Kier molecular flexibility index (Phi) is 6.40. The molecule has 0 unspecified atom stereocenters. The van der Waals surface area contributed by atoms with Crippen LogP contribution in [0.4, 0.5) is 5.69 Å². The maximum absolute atomic E-state index is 13.5. The molecule has 1 fully saturated rings. The van der Waals surface area contributed by atoms with Gasteiger partial charge >= 0.3 is 0 Å². The van der Waals surface area contributed by atoms with Gasteiger partial charge in [-0.1, -0.05) is 36.4 Å². The van der Waals surface area contributed by atoms with E-state index in [1.165, 1.54) is 29.8 Å². The highest BCUT2D eigenvalue weighted by atomic mass is 32.2. The minimum Gasteiger partial charge on any atom is -0.493 e. The van der Waals surface area contributed by atoms with Crippen LogP contribution in [0.1, 0.15) is 5.56 Å². The Morgan fingerprint density at radius 1 is 0.800 bits per heavy atom. The average Bonchev–Trinajstić information content (AvgIpc) is 3.35. The van der Waals surface area contributed by atoms with Crippen molar-refractivity contribution in [2.75, 3.05) is 45.3 Å². The van der Waals surface area contributed by atoms with Gasteiger partial charge in [-0.25, -0.2) is 12.4 Å². The number of hydrogen-bond acceptors (Lipinski definition) is 6. The van der Waals surface area contributed by atoms with Gasteiger partial charge in [0.25, 0.3) is 10.0 Å². The Bertz CT molecular complexity index is 1430. The third kappa shape index (κ3) is 4.47. The van der Waals surface area contributed by atoms with E-state index in [4.69, 9.17) is 9.47 Å². The first-order valence-electron chi connectivity index (χ1n) is 11.6. The van der Waals surface area contributed by atoms with Crippen LogP contribution in [-0.4, -0.2) is 57.7 Å². The van der Waals surface area contributed by atoms with Crippen molar-refractivity contribution in [1.29, 1.82) is 0 Å². The van der Waals surface area contributed by atoms with E-state index in [9.17, 15) is 8.42 Å². The monoisotopic (exact) mass is 491 g/mol. The van der Waals surface area contributed by atoms with E-state index in [1.54, 1.807) is 18.3 Å². The Hall–Kier alpha value is -3.49. The summed E-state index contributed by atoms with van der Waals surface area (Å²) in [5.41, 5.74) is 3.03. The standard InChI is InChI=1S/C27H29N3O4S/c1-33-26-12-11-22(19-27(26)34-2)35(31,32)30-14-13-23-24(9-6-10-25(23)30)29-17-15-28(16-18-29)20-21-7-4-3-5-8-21/h3-14,19H,15-18,20H2,1-2H3. The topological polar surface area (TPSA) is 64.0 Å². The molecule has 1 aliphatic rings. The zero-order valence-electron chi connectivity index (χ0n) is 19.9. The normalized spacial score (nSPS) is 14.9. The summed E-state index contributed by atoms with van der Waals surface area (Å²) in [6.07, 6.45) is 1.63. The molecule has 1 aromatic heterocycles. The van der Waals surface area contributed by atoms with Gasteiger partial charge in [0.2, 0.25) is 0 Å². The van der Waals surface area contributed by atoms with Crippen LogP contribution in [0.15, 0.2) is 83.9 Å². The summed E-state index contributed by atoms with van der Waals surface area (Å²) in [5.74, 6) is 0.858. The van der Waals surface area contributed by atoms with Crippen molar-refractivity contribution in [2.24, 2.45) is 0 Å². The number of anilines is 1. The van der Waals surface area contributed by atoms with E-state index in [1.807, 2.05) is 24.3 Å². The molecule has 1 aliphatic heterocycles. The highest BCUT2D eigenvalue weighted by Crippen LogP contribution is 2.34. The maximum Gasteiger partial charge on any atom is 0.268 e. The molecule has 8 heteroatoms. The zero-order valence-corrected chi connectivity index (χ0v) is 20.7. The van der Waals surface area contributed by atoms with Crippen LogP contribution in [0.3, 0.4) is 0 Å². The first kappa shape index (κ1) is 23.3. The van der Waals surface area contributed by atoms with Crippen LogP contribution < -0.4 is 14.4 Å². The van der Waals surface area contributed by atoms with E-state index in [0.717, 1.165) is 43.8 Å². The fourth-order valence-electron chi connectivity index (χ4n) is 4.69. The second-order valence-electron chi connectivity index (χ2n) is 8.59. The molecule has 2 heterocycles. The number of methoxy groups -OCH3 is 2. The lowest BCUT2D eigenvalue weighted by Gasteiger charge is -2.36. The third-order valence-electron chi connectivity index (χ3n) is 6.55. The van der Waals surface area contributed by atoms with Gasteiger partial charge in [-0.2, -0.15) is 0 Å². The second-order valence-corrected chi connectivity index (χ2v) is 10.4. The van der Waals surface area contributed by atoms with Gasteiger partial charge in [-0.05, 0) is 35.9 Å². The molecule has 0 amide bonds. The van der Waals surface area contributed by atoms with Crippen molar-refractivity contribution in [2.45, 2.75) is 11.4 Å². The van der Waals surface area contributed by atoms with Gasteiger partial charge in [-0.15, -0.1) is 0 Å². The summed E-state index contributed by atoms with van der Waals surface area (Å²) in [5, 5.41) is 0.924. The minimum absolute atomic E-state index is 0.146. The summed E-state index contributed by atoms with van der Waals surface area (Å²) in [4.78, 5) is 4.95. The number of rotatable bonds is 7. The molecule has 0 atom stereocenters. The van der Waals surface area contributed by atoms with Gasteiger partial charge in [0.1, 0.15) is 0 Å². The number of aromatic nitrogens is 1. The molecule has 0 bridgehead atoms. The molecule has 0 aliphatic carbocycles. The number of benzene rings is 3. The quantitative estimate of drug-likeness (QED) is 0.386. The number of ether oxygens (including phenoxy) is 2. The molecule has 35 heavy (non-hydrogen) atoms. The molecule has 0 N–H and O–H groups in total. The molecule has 3 aromatic carbocycles. The van der Waals surface area contributed by atoms with Crippen LogP contribution >= 0.6 is 0 Å². The van der Waals surface area contributed by atoms with Crippen molar-refractivity contribution in [3.05, 3.63) is 84.6 Å².